The van der Waals surface area contributed by atoms with Crippen LogP contribution in [0.5, 0.6) is 5.75 Å². The topological polar surface area (TPSA) is 29.5 Å². The molecule has 1 N–H and O–H groups in total. The van der Waals surface area contributed by atoms with Gasteiger partial charge >= 0.3 is 0 Å². The second-order valence-corrected chi connectivity index (χ2v) is 5.31. The number of aliphatic hydroxyl groups is 1. The van der Waals surface area contributed by atoms with Gasteiger partial charge < -0.3 is 9.84 Å². The highest BCUT2D eigenvalue weighted by Crippen LogP contribution is 2.29. The predicted octanol–water partition coefficient (Wildman–Crippen LogP) is 3.52. The molecule has 0 spiro atoms. The van der Waals surface area contributed by atoms with Crippen LogP contribution < -0.4 is 4.74 Å². The molecule has 96 valence electrons. The van der Waals surface area contributed by atoms with Crippen LogP contribution in [-0.4, -0.2) is 17.8 Å². The van der Waals surface area contributed by atoms with Crippen molar-refractivity contribution in [2.45, 2.75) is 52.1 Å². The third-order valence-corrected chi connectivity index (χ3v) is 2.91. The van der Waals surface area contributed by atoms with Crippen LogP contribution in [0.2, 0.25) is 0 Å². The molecule has 0 aliphatic heterocycles. The highest BCUT2D eigenvalue weighted by Gasteiger charge is 2.22. The molecule has 0 saturated carbocycles. The molecule has 1 unspecified atom stereocenters. The lowest BCUT2D eigenvalue weighted by molar-refractivity contribution is 0.157. The Morgan fingerprint density at radius 2 is 1.82 bits per heavy atom. The Morgan fingerprint density at radius 3 is 2.29 bits per heavy atom. The summed E-state index contributed by atoms with van der Waals surface area (Å²) >= 11 is 0. The van der Waals surface area contributed by atoms with Gasteiger partial charge in [-0.3, -0.25) is 0 Å². The van der Waals surface area contributed by atoms with E-state index < -0.39 is 0 Å². The summed E-state index contributed by atoms with van der Waals surface area (Å²) in [6, 6.07) is 8.20. The molecule has 0 aliphatic rings. The summed E-state index contributed by atoms with van der Waals surface area (Å²) in [5, 5.41) is 9.50. The van der Waals surface area contributed by atoms with Crippen LogP contribution in [0.1, 0.15) is 46.1 Å². The highest BCUT2D eigenvalue weighted by atomic mass is 16.5. The predicted molar refractivity (Wildman–Crippen MR) is 71.6 cm³/mol. The summed E-state index contributed by atoms with van der Waals surface area (Å²) < 4.78 is 5.55. The van der Waals surface area contributed by atoms with Gasteiger partial charge in [-0.25, -0.2) is 0 Å². The van der Waals surface area contributed by atoms with Crippen LogP contribution >= 0.6 is 0 Å². The zero-order chi connectivity index (χ0) is 12.9. The van der Waals surface area contributed by atoms with Crippen LogP contribution in [0.3, 0.4) is 0 Å². The Hall–Kier alpha value is -1.02. The maximum Gasteiger partial charge on any atom is 0.119 e. The molecule has 0 fully saturated rings. The minimum absolute atomic E-state index is 0.00253. The molecule has 1 aromatic carbocycles. The largest absolute Gasteiger partial charge is 0.494 e. The number of aliphatic hydroxyl groups excluding tert-OH is 1. The van der Waals surface area contributed by atoms with E-state index in [0.717, 1.165) is 25.2 Å². The van der Waals surface area contributed by atoms with Gasteiger partial charge in [0.2, 0.25) is 0 Å². The summed E-state index contributed by atoms with van der Waals surface area (Å²) in [6.45, 7) is 9.00. The first-order valence-electron chi connectivity index (χ1n) is 6.37. The number of hydrogen-bond acceptors (Lipinski definition) is 2. The zero-order valence-corrected chi connectivity index (χ0v) is 11.4. The van der Waals surface area contributed by atoms with E-state index in [0.29, 0.717) is 0 Å². The number of hydrogen-bond donors (Lipinski definition) is 1. The van der Waals surface area contributed by atoms with Gasteiger partial charge in [-0.1, -0.05) is 32.9 Å². The molecule has 0 aliphatic carbocycles. The lowest BCUT2D eigenvalue weighted by atomic mass is 9.80. The van der Waals surface area contributed by atoms with Crippen LogP contribution in [0.25, 0.3) is 0 Å². The maximum atomic E-state index is 9.50. The Balaban J connectivity index is 2.72. The molecular weight excluding hydrogens is 212 g/mol. The van der Waals surface area contributed by atoms with Crippen LogP contribution in [0.4, 0.5) is 0 Å². The molecule has 1 atom stereocenters. The molecule has 1 aromatic rings. The van der Waals surface area contributed by atoms with E-state index in [-0.39, 0.29) is 11.5 Å². The van der Waals surface area contributed by atoms with E-state index in [1.807, 2.05) is 19.1 Å². The molecule has 0 amide bonds. The summed E-state index contributed by atoms with van der Waals surface area (Å²) in [5.41, 5.74) is 1.24. The maximum absolute atomic E-state index is 9.50. The first kappa shape index (κ1) is 14.0. The summed E-state index contributed by atoms with van der Waals surface area (Å²) in [5.74, 6) is 0.920. The third-order valence-electron chi connectivity index (χ3n) is 2.91. The van der Waals surface area contributed by atoms with Crippen molar-refractivity contribution in [1.82, 2.24) is 0 Å². The van der Waals surface area contributed by atoms with Gasteiger partial charge in [-0.05, 0) is 42.9 Å². The quantitative estimate of drug-likeness (QED) is 0.819. The summed E-state index contributed by atoms with van der Waals surface area (Å²) in [7, 11) is 0. The van der Waals surface area contributed by atoms with E-state index in [2.05, 4.69) is 32.9 Å². The molecule has 17 heavy (non-hydrogen) atoms. The van der Waals surface area contributed by atoms with Gasteiger partial charge in [-0.2, -0.15) is 0 Å². The van der Waals surface area contributed by atoms with Crippen molar-refractivity contribution in [3.05, 3.63) is 29.8 Å². The number of benzene rings is 1. The van der Waals surface area contributed by atoms with E-state index >= 15 is 0 Å². The van der Waals surface area contributed by atoms with Crippen molar-refractivity contribution < 1.29 is 9.84 Å². The minimum atomic E-state index is -0.277. The Bertz CT molecular complexity index is 325. The normalized spacial score (nSPS) is 13.5. The molecule has 2 nitrogen and oxygen atoms in total. The molecule has 2 heteroatoms. The monoisotopic (exact) mass is 236 g/mol. The van der Waals surface area contributed by atoms with Crippen molar-refractivity contribution in [3.8, 4) is 5.75 Å². The van der Waals surface area contributed by atoms with Crippen LogP contribution in [-0.2, 0) is 5.41 Å². The Kier molecular flexibility index (Phi) is 5.01. The number of ether oxygens (including phenoxy) is 1. The van der Waals surface area contributed by atoms with Crippen LogP contribution in [0.15, 0.2) is 24.3 Å². The second kappa shape index (κ2) is 6.06. The van der Waals surface area contributed by atoms with E-state index in [1.165, 1.54) is 5.56 Å². The van der Waals surface area contributed by atoms with E-state index in [4.69, 9.17) is 4.74 Å². The molecular formula is C15H24O2. The highest BCUT2D eigenvalue weighted by molar-refractivity contribution is 5.31. The van der Waals surface area contributed by atoms with Crippen LogP contribution in [0, 0.1) is 0 Å². The summed E-state index contributed by atoms with van der Waals surface area (Å²) in [6.07, 6.45) is 1.51. The Labute approximate surface area is 105 Å². The summed E-state index contributed by atoms with van der Waals surface area (Å²) in [4.78, 5) is 0. The Morgan fingerprint density at radius 1 is 1.24 bits per heavy atom. The van der Waals surface area contributed by atoms with Gasteiger partial charge in [0.15, 0.2) is 0 Å². The standard InChI is InChI=1S/C15H24O2/c1-5-10-17-14-8-6-13(7-9-14)15(3,4)11-12(2)16/h6-9,12,16H,5,10-11H2,1-4H3. The lowest BCUT2D eigenvalue weighted by Crippen LogP contribution is -2.22. The van der Waals surface area contributed by atoms with E-state index in [9.17, 15) is 5.11 Å². The van der Waals surface area contributed by atoms with Crippen molar-refractivity contribution in [3.63, 3.8) is 0 Å². The van der Waals surface area contributed by atoms with Gasteiger partial charge in [0.25, 0.3) is 0 Å². The fourth-order valence-electron chi connectivity index (χ4n) is 2.08. The zero-order valence-electron chi connectivity index (χ0n) is 11.4. The van der Waals surface area contributed by atoms with Crippen molar-refractivity contribution in [2.24, 2.45) is 0 Å². The van der Waals surface area contributed by atoms with Crippen molar-refractivity contribution in [1.29, 1.82) is 0 Å². The smallest absolute Gasteiger partial charge is 0.119 e. The average molecular weight is 236 g/mol. The minimum Gasteiger partial charge on any atom is -0.494 e. The average Bonchev–Trinajstić information content (AvgIpc) is 2.25. The van der Waals surface area contributed by atoms with Gasteiger partial charge in [0.05, 0.1) is 12.7 Å². The molecule has 0 heterocycles. The fraction of sp³-hybridized carbons (Fsp3) is 0.600. The van der Waals surface area contributed by atoms with E-state index in [1.54, 1.807) is 0 Å². The van der Waals surface area contributed by atoms with Gasteiger partial charge in [0.1, 0.15) is 5.75 Å². The lowest BCUT2D eigenvalue weighted by Gasteiger charge is -2.26. The second-order valence-electron chi connectivity index (χ2n) is 5.31. The fourth-order valence-corrected chi connectivity index (χ4v) is 2.08. The van der Waals surface area contributed by atoms with Gasteiger partial charge in [0, 0.05) is 0 Å². The SMILES string of the molecule is CCCOc1ccc(C(C)(C)CC(C)O)cc1. The molecule has 0 radical (unpaired) electrons. The van der Waals surface area contributed by atoms with Gasteiger partial charge in [-0.15, -0.1) is 0 Å². The first-order chi connectivity index (χ1) is 7.95. The molecule has 0 bridgehead atoms. The molecule has 0 aromatic heterocycles. The third kappa shape index (κ3) is 4.39. The van der Waals surface area contributed by atoms with Crippen molar-refractivity contribution >= 4 is 0 Å². The van der Waals surface area contributed by atoms with Crippen molar-refractivity contribution in [2.75, 3.05) is 6.61 Å². The first-order valence-corrected chi connectivity index (χ1v) is 6.37. The number of rotatable bonds is 6. The molecule has 0 saturated heterocycles. The molecule has 1 rings (SSSR count).